The fourth-order valence-corrected chi connectivity index (χ4v) is 2.12. The van der Waals surface area contributed by atoms with Crippen LogP contribution in [0.3, 0.4) is 0 Å². The van der Waals surface area contributed by atoms with Crippen molar-refractivity contribution in [1.82, 2.24) is 0 Å². The normalized spacial score (nSPS) is 12.8. The summed E-state index contributed by atoms with van der Waals surface area (Å²) in [5, 5.41) is 14.4. The zero-order chi connectivity index (χ0) is 10.4. The van der Waals surface area contributed by atoms with Crippen molar-refractivity contribution in [2.45, 2.75) is 6.54 Å². The number of anilines is 1. The number of nitrogens with one attached hydrogen (secondary N) is 1. The van der Waals surface area contributed by atoms with E-state index in [1.807, 2.05) is 18.2 Å². The molecule has 3 rings (SSSR count). The monoisotopic (exact) mass is 199 g/mol. The average molecular weight is 199 g/mol. The van der Waals surface area contributed by atoms with Crippen molar-refractivity contribution in [3.05, 3.63) is 41.5 Å². The molecule has 0 unspecified atom stereocenters. The molecule has 2 aromatic rings. The summed E-state index contributed by atoms with van der Waals surface area (Å²) in [6.45, 7) is 0.719. The van der Waals surface area contributed by atoms with Gasteiger partial charge in [-0.3, -0.25) is 0 Å². The summed E-state index contributed by atoms with van der Waals surface area (Å²) in [5.74, 6) is -0.870. The maximum absolute atomic E-state index is 10.9. The zero-order valence-electron chi connectivity index (χ0n) is 7.95. The molecule has 1 aliphatic rings. The highest BCUT2D eigenvalue weighted by Crippen LogP contribution is 2.33. The van der Waals surface area contributed by atoms with Gasteiger partial charge in [-0.15, -0.1) is 0 Å². The van der Waals surface area contributed by atoms with Crippen LogP contribution < -0.4 is 5.32 Å². The highest BCUT2D eigenvalue weighted by atomic mass is 16.4. The van der Waals surface area contributed by atoms with Crippen LogP contribution in [0.2, 0.25) is 0 Å². The Labute approximate surface area is 86.3 Å². The molecular formula is C12H9NO2. The van der Waals surface area contributed by atoms with Crippen LogP contribution in [0.5, 0.6) is 0 Å². The maximum atomic E-state index is 10.9. The summed E-state index contributed by atoms with van der Waals surface area (Å²) in [4.78, 5) is 10.9. The average Bonchev–Trinajstić information content (AvgIpc) is 2.64. The lowest BCUT2D eigenvalue weighted by Crippen LogP contribution is -1.97. The van der Waals surface area contributed by atoms with E-state index in [1.54, 1.807) is 12.1 Å². The first-order chi connectivity index (χ1) is 7.25. The molecule has 0 aromatic heterocycles. The Kier molecular flexibility index (Phi) is 1.51. The van der Waals surface area contributed by atoms with Crippen LogP contribution in [-0.4, -0.2) is 11.1 Å². The third-order valence-corrected chi connectivity index (χ3v) is 2.77. The zero-order valence-corrected chi connectivity index (χ0v) is 7.95. The lowest BCUT2D eigenvalue weighted by molar-refractivity contribution is 0.0697. The van der Waals surface area contributed by atoms with Gasteiger partial charge in [0.25, 0.3) is 0 Å². The summed E-state index contributed by atoms with van der Waals surface area (Å²) >= 11 is 0. The SMILES string of the molecule is O=C(O)c1cc2c3c(cccc3c1)NC2. The van der Waals surface area contributed by atoms with E-state index in [0.29, 0.717) is 5.56 Å². The van der Waals surface area contributed by atoms with Gasteiger partial charge in [-0.05, 0) is 29.1 Å². The van der Waals surface area contributed by atoms with E-state index in [-0.39, 0.29) is 0 Å². The molecule has 1 heterocycles. The Bertz CT molecular complexity index is 575. The van der Waals surface area contributed by atoms with Crippen LogP contribution in [0.25, 0.3) is 10.8 Å². The van der Waals surface area contributed by atoms with Crippen LogP contribution in [-0.2, 0) is 6.54 Å². The van der Waals surface area contributed by atoms with Crippen LogP contribution in [0.15, 0.2) is 30.3 Å². The summed E-state index contributed by atoms with van der Waals surface area (Å²) in [5.41, 5.74) is 2.53. The second-order valence-corrected chi connectivity index (χ2v) is 3.70. The lowest BCUT2D eigenvalue weighted by atomic mass is 10.0. The van der Waals surface area contributed by atoms with Gasteiger partial charge in [-0.25, -0.2) is 4.79 Å². The van der Waals surface area contributed by atoms with Crippen molar-refractivity contribution < 1.29 is 9.90 Å². The Morgan fingerprint density at radius 3 is 3.00 bits per heavy atom. The molecule has 0 spiro atoms. The van der Waals surface area contributed by atoms with E-state index in [4.69, 9.17) is 5.11 Å². The van der Waals surface area contributed by atoms with Crippen LogP contribution >= 0.6 is 0 Å². The van der Waals surface area contributed by atoms with Gasteiger partial charge in [0, 0.05) is 17.6 Å². The van der Waals surface area contributed by atoms with Gasteiger partial charge in [0.05, 0.1) is 5.56 Å². The predicted molar refractivity (Wildman–Crippen MR) is 58.2 cm³/mol. The van der Waals surface area contributed by atoms with Crippen LogP contribution in [0.1, 0.15) is 15.9 Å². The summed E-state index contributed by atoms with van der Waals surface area (Å²) in [6.07, 6.45) is 0. The number of hydrogen-bond donors (Lipinski definition) is 2. The Hall–Kier alpha value is -2.03. The highest BCUT2D eigenvalue weighted by Gasteiger charge is 2.15. The molecule has 0 saturated heterocycles. The molecule has 2 N–H and O–H groups in total. The standard InChI is InChI=1S/C12H9NO2/c14-12(15)8-4-7-2-1-3-10-11(7)9(5-8)6-13-10/h1-5,13H,6H2,(H,14,15). The molecule has 0 fully saturated rings. The third-order valence-electron chi connectivity index (χ3n) is 2.77. The van der Waals surface area contributed by atoms with E-state index in [0.717, 1.165) is 28.6 Å². The van der Waals surface area contributed by atoms with Crippen molar-refractivity contribution in [1.29, 1.82) is 0 Å². The molecule has 0 bridgehead atoms. The van der Waals surface area contributed by atoms with Crippen molar-refractivity contribution in [3.63, 3.8) is 0 Å². The number of aromatic carboxylic acids is 1. The molecular weight excluding hydrogens is 190 g/mol. The molecule has 0 saturated carbocycles. The van der Waals surface area contributed by atoms with Gasteiger partial charge in [-0.1, -0.05) is 12.1 Å². The van der Waals surface area contributed by atoms with E-state index in [9.17, 15) is 4.79 Å². The molecule has 74 valence electrons. The van der Waals surface area contributed by atoms with E-state index >= 15 is 0 Å². The summed E-state index contributed by atoms with van der Waals surface area (Å²) in [7, 11) is 0. The van der Waals surface area contributed by atoms with Gasteiger partial charge in [0.1, 0.15) is 0 Å². The molecule has 0 amide bonds. The summed E-state index contributed by atoms with van der Waals surface area (Å²) in [6, 6.07) is 9.36. The largest absolute Gasteiger partial charge is 0.478 e. The molecule has 2 aromatic carbocycles. The van der Waals surface area contributed by atoms with Crippen LogP contribution in [0.4, 0.5) is 5.69 Å². The fourth-order valence-electron chi connectivity index (χ4n) is 2.12. The van der Waals surface area contributed by atoms with E-state index < -0.39 is 5.97 Å². The number of carboxylic acids is 1. The maximum Gasteiger partial charge on any atom is 0.335 e. The molecule has 1 aliphatic heterocycles. The Balaban J connectivity index is 2.41. The predicted octanol–water partition coefficient (Wildman–Crippen LogP) is 2.46. The minimum absolute atomic E-state index is 0.360. The smallest absolute Gasteiger partial charge is 0.335 e. The fraction of sp³-hybridized carbons (Fsp3) is 0.0833. The molecule has 0 aliphatic carbocycles. The van der Waals surface area contributed by atoms with Crippen molar-refractivity contribution in [2.24, 2.45) is 0 Å². The molecule has 3 nitrogen and oxygen atoms in total. The third kappa shape index (κ3) is 1.09. The number of carboxylic acid groups (broad SMARTS) is 1. The Morgan fingerprint density at radius 2 is 2.20 bits per heavy atom. The topological polar surface area (TPSA) is 49.3 Å². The first-order valence-corrected chi connectivity index (χ1v) is 4.78. The second kappa shape index (κ2) is 2.73. The van der Waals surface area contributed by atoms with Crippen molar-refractivity contribution >= 4 is 22.4 Å². The molecule has 15 heavy (non-hydrogen) atoms. The minimum Gasteiger partial charge on any atom is -0.478 e. The Morgan fingerprint density at radius 1 is 1.33 bits per heavy atom. The number of carbonyl (C=O) groups is 1. The molecule has 3 heteroatoms. The molecule has 0 atom stereocenters. The first kappa shape index (κ1) is 8.29. The number of hydrogen-bond acceptors (Lipinski definition) is 2. The van der Waals surface area contributed by atoms with Crippen molar-refractivity contribution in [2.75, 3.05) is 5.32 Å². The highest BCUT2D eigenvalue weighted by molar-refractivity contribution is 6.03. The van der Waals surface area contributed by atoms with Gasteiger partial charge in [0.2, 0.25) is 0 Å². The van der Waals surface area contributed by atoms with Gasteiger partial charge in [0.15, 0.2) is 0 Å². The lowest BCUT2D eigenvalue weighted by Gasteiger charge is -2.02. The van der Waals surface area contributed by atoms with Gasteiger partial charge in [-0.2, -0.15) is 0 Å². The van der Waals surface area contributed by atoms with Gasteiger partial charge < -0.3 is 10.4 Å². The number of rotatable bonds is 1. The van der Waals surface area contributed by atoms with E-state index in [2.05, 4.69) is 5.32 Å². The summed E-state index contributed by atoms with van der Waals surface area (Å²) < 4.78 is 0. The quantitative estimate of drug-likeness (QED) is 0.741. The number of benzene rings is 2. The van der Waals surface area contributed by atoms with Crippen LogP contribution in [0, 0.1) is 0 Å². The second-order valence-electron chi connectivity index (χ2n) is 3.70. The minimum atomic E-state index is -0.870. The first-order valence-electron chi connectivity index (χ1n) is 4.78. The van der Waals surface area contributed by atoms with Gasteiger partial charge >= 0.3 is 5.97 Å². The van der Waals surface area contributed by atoms with Crippen molar-refractivity contribution in [3.8, 4) is 0 Å². The molecule has 0 radical (unpaired) electrons. The van der Waals surface area contributed by atoms with E-state index in [1.165, 1.54) is 0 Å².